The molecule has 1 N–H and O–H groups in total. The van der Waals surface area contributed by atoms with Gasteiger partial charge in [0.1, 0.15) is 17.4 Å². The number of halogens is 3. The van der Waals surface area contributed by atoms with Crippen molar-refractivity contribution >= 4 is 40.8 Å². The van der Waals surface area contributed by atoms with Crippen LogP contribution in [0, 0.1) is 0 Å². The van der Waals surface area contributed by atoms with Crippen LogP contribution in [0.4, 0.5) is 0 Å². The highest BCUT2D eigenvalue weighted by Gasteiger charge is 2.16. The molecule has 1 aromatic carbocycles. The zero-order chi connectivity index (χ0) is 14.4. The minimum atomic E-state index is -0.765. The molecular weight excluding hydrogens is 314 g/mol. The second-order valence-electron chi connectivity index (χ2n) is 3.43. The number of benzene rings is 1. The summed E-state index contributed by atoms with van der Waals surface area (Å²) in [5.74, 6) is -0.368. The van der Waals surface area contributed by atoms with Crippen LogP contribution < -0.4 is 4.74 Å². The SMILES string of the molecule is C=CC(=O)OCC(CO)Oc1ccc(Cl)c(Cl)c1Cl. The lowest BCUT2D eigenvalue weighted by atomic mass is 10.3. The van der Waals surface area contributed by atoms with Crippen molar-refractivity contribution < 1.29 is 19.4 Å². The first-order valence-electron chi connectivity index (χ1n) is 5.19. The van der Waals surface area contributed by atoms with Crippen LogP contribution in [-0.2, 0) is 9.53 Å². The molecule has 0 spiro atoms. The molecule has 0 aliphatic heterocycles. The molecule has 19 heavy (non-hydrogen) atoms. The van der Waals surface area contributed by atoms with Crippen LogP contribution in [0.15, 0.2) is 24.8 Å². The number of carbonyl (C=O) groups excluding carboxylic acids is 1. The van der Waals surface area contributed by atoms with E-state index < -0.39 is 12.1 Å². The van der Waals surface area contributed by atoms with E-state index >= 15 is 0 Å². The highest BCUT2D eigenvalue weighted by Crippen LogP contribution is 2.37. The predicted molar refractivity (Wildman–Crippen MR) is 74.1 cm³/mol. The fraction of sp³-hybridized carbons (Fsp3) is 0.250. The van der Waals surface area contributed by atoms with Crippen molar-refractivity contribution in [3.63, 3.8) is 0 Å². The molecule has 1 rings (SSSR count). The molecule has 0 aromatic heterocycles. The minimum Gasteiger partial charge on any atom is -0.483 e. The summed E-state index contributed by atoms with van der Waals surface area (Å²) in [4.78, 5) is 10.9. The molecule has 1 unspecified atom stereocenters. The summed E-state index contributed by atoms with van der Waals surface area (Å²) in [6.07, 6.45) is 0.249. The zero-order valence-corrected chi connectivity index (χ0v) is 12.0. The van der Waals surface area contributed by atoms with Crippen molar-refractivity contribution in [3.05, 3.63) is 39.9 Å². The summed E-state index contributed by atoms with van der Waals surface area (Å²) in [5, 5.41) is 9.71. The summed E-state index contributed by atoms with van der Waals surface area (Å²) < 4.78 is 10.2. The van der Waals surface area contributed by atoms with E-state index in [1.165, 1.54) is 12.1 Å². The van der Waals surface area contributed by atoms with Crippen molar-refractivity contribution in [2.24, 2.45) is 0 Å². The van der Waals surface area contributed by atoms with Crippen molar-refractivity contribution in [1.29, 1.82) is 0 Å². The number of hydrogen-bond acceptors (Lipinski definition) is 4. The smallest absolute Gasteiger partial charge is 0.330 e. The van der Waals surface area contributed by atoms with E-state index in [0.29, 0.717) is 0 Å². The zero-order valence-electron chi connectivity index (χ0n) is 9.74. The van der Waals surface area contributed by atoms with Crippen LogP contribution in [0.2, 0.25) is 15.1 Å². The van der Waals surface area contributed by atoms with Gasteiger partial charge in [0.2, 0.25) is 0 Å². The van der Waals surface area contributed by atoms with E-state index in [1.54, 1.807) is 0 Å². The first kappa shape index (κ1) is 16.1. The summed E-state index contributed by atoms with van der Waals surface area (Å²) in [6, 6.07) is 3.02. The largest absolute Gasteiger partial charge is 0.483 e. The highest BCUT2D eigenvalue weighted by molar-refractivity contribution is 6.48. The number of ether oxygens (including phenoxy) is 2. The Morgan fingerprint density at radius 1 is 1.37 bits per heavy atom. The van der Waals surface area contributed by atoms with Gasteiger partial charge in [-0.3, -0.25) is 0 Å². The molecule has 0 amide bonds. The molecule has 0 saturated carbocycles. The summed E-state index contributed by atoms with van der Waals surface area (Å²) in [7, 11) is 0. The van der Waals surface area contributed by atoms with Crippen molar-refractivity contribution in [1.82, 2.24) is 0 Å². The molecule has 0 saturated heterocycles. The first-order chi connectivity index (χ1) is 8.99. The molecule has 0 fully saturated rings. The molecule has 7 heteroatoms. The van der Waals surface area contributed by atoms with Crippen LogP contribution in [0.1, 0.15) is 0 Å². The van der Waals surface area contributed by atoms with Gasteiger partial charge >= 0.3 is 5.97 Å². The molecule has 0 heterocycles. The summed E-state index contributed by atoms with van der Waals surface area (Å²) in [6.45, 7) is 2.75. The highest BCUT2D eigenvalue weighted by atomic mass is 35.5. The van der Waals surface area contributed by atoms with Gasteiger partial charge in [-0.05, 0) is 12.1 Å². The maximum absolute atomic E-state index is 10.9. The van der Waals surface area contributed by atoms with Crippen molar-refractivity contribution in [3.8, 4) is 5.75 Å². The van der Waals surface area contributed by atoms with Gasteiger partial charge in [0.05, 0.1) is 16.7 Å². The Morgan fingerprint density at radius 3 is 2.63 bits per heavy atom. The standard InChI is InChI=1S/C12H11Cl3O4/c1-2-10(17)18-6-7(5-16)19-9-4-3-8(13)11(14)12(9)15/h2-4,7,16H,1,5-6H2. The van der Waals surface area contributed by atoms with E-state index in [1.807, 2.05) is 0 Å². The van der Waals surface area contributed by atoms with Crippen LogP contribution >= 0.6 is 34.8 Å². The molecule has 1 atom stereocenters. The summed E-state index contributed by atoms with van der Waals surface area (Å²) in [5.41, 5.74) is 0. The number of aliphatic hydroxyl groups excluding tert-OH is 1. The van der Waals surface area contributed by atoms with E-state index in [0.717, 1.165) is 6.08 Å². The van der Waals surface area contributed by atoms with Gasteiger partial charge in [-0.2, -0.15) is 0 Å². The second-order valence-corrected chi connectivity index (χ2v) is 4.59. The maximum atomic E-state index is 10.9. The lowest BCUT2D eigenvalue weighted by Crippen LogP contribution is -2.28. The van der Waals surface area contributed by atoms with Crippen molar-refractivity contribution in [2.75, 3.05) is 13.2 Å². The number of rotatable bonds is 6. The minimum absolute atomic E-state index is 0.127. The number of carbonyl (C=O) groups is 1. The lowest BCUT2D eigenvalue weighted by molar-refractivity contribution is -0.140. The Bertz CT molecular complexity index is 476. The summed E-state index contributed by atoms with van der Waals surface area (Å²) >= 11 is 17.6. The number of esters is 1. The van der Waals surface area contributed by atoms with Crippen LogP contribution in [0.5, 0.6) is 5.75 Å². The monoisotopic (exact) mass is 324 g/mol. The van der Waals surface area contributed by atoms with Gasteiger partial charge in [0, 0.05) is 6.08 Å². The Balaban J connectivity index is 2.73. The third-order valence-electron chi connectivity index (χ3n) is 2.08. The maximum Gasteiger partial charge on any atom is 0.330 e. The molecule has 0 aliphatic rings. The fourth-order valence-electron chi connectivity index (χ4n) is 1.14. The third kappa shape index (κ3) is 4.58. The van der Waals surface area contributed by atoms with E-state index in [2.05, 4.69) is 6.58 Å². The third-order valence-corrected chi connectivity index (χ3v) is 3.35. The van der Waals surface area contributed by atoms with E-state index in [9.17, 15) is 4.79 Å². The Kier molecular flexibility index (Phi) is 6.45. The normalized spacial score (nSPS) is 11.8. The lowest BCUT2D eigenvalue weighted by Gasteiger charge is -2.18. The molecular formula is C12H11Cl3O4. The Hall–Kier alpha value is -0.940. The molecule has 104 valence electrons. The fourth-order valence-corrected chi connectivity index (χ4v) is 1.71. The molecule has 0 radical (unpaired) electrons. The van der Waals surface area contributed by atoms with Gasteiger partial charge < -0.3 is 14.6 Å². The van der Waals surface area contributed by atoms with Crippen molar-refractivity contribution in [2.45, 2.75) is 6.10 Å². The average Bonchev–Trinajstić information content (AvgIpc) is 2.42. The van der Waals surface area contributed by atoms with Gasteiger partial charge in [-0.15, -0.1) is 0 Å². The second kappa shape index (κ2) is 7.60. The topological polar surface area (TPSA) is 55.8 Å². The van der Waals surface area contributed by atoms with Gasteiger partial charge in [0.15, 0.2) is 6.10 Å². The first-order valence-corrected chi connectivity index (χ1v) is 6.33. The molecule has 0 aliphatic carbocycles. The van der Waals surface area contributed by atoms with Crippen LogP contribution in [-0.4, -0.2) is 30.4 Å². The van der Waals surface area contributed by atoms with Crippen LogP contribution in [0.25, 0.3) is 0 Å². The molecule has 4 nitrogen and oxygen atoms in total. The quantitative estimate of drug-likeness (QED) is 0.496. The van der Waals surface area contributed by atoms with E-state index in [-0.39, 0.29) is 34.0 Å². The Labute approximate surface area is 125 Å². The van der Waals surface area contributed by atoms with Gasteiger partial charge in [-0.25, -0.2) is 4.79 Å². The van der Waals surface area contributed by atoms with Crippen LogP contribution in [0.3, 0.4) is 0 Å². The molecule has 0 bridgehead atoms. The number of hydrogen-bond donors (Lipinski definition) is 1. The Morgan fingerprint density at radius 2 is 2.05 bits per heavy atom. The average molecular weight is 326 g/mol. The van der Waals surface area contributed by atoms with Gasteiger partial charge in [-0.1, -0.05) is 41.4 Å². The number of aliphatic hydroxyl groups is 1. The predicted octanol–water partition coefficient (Wildman–Crippen LogP) is 3.12. The van der Waals surface area contributed by atoms with Gasteiger partial charge in [0.25, 0.3) is 0 Å². The van der Waals surface area contributed by atoms with E-state index in [4.69, 9.17) is 49.4 Å². The molecule has 1 aromatic rings.